The van der Waals surface area contributed by atoms with Gasteiger partial charge in [0.15, 0.2) is 11.6 Å². The fraction of sp³-hybridized carbons (Fsp3) is 0.290. The van der Waals surface area contributed by atoms with Gasteiger partial charge in [-0.1, -0.05) is 52.5 Å². The van der Waals surface area contributed by atoms with Crippen LogP contribution in [0.25, 0.3) is 11.0 Å². The normalized spacial score (nSPS) is 13.4. The molecule has 3 aromatic carbocycles. The Bertz CT molecular complexity index is 1520. The number of hydrogen-bond acceptors (Lipinski definition) is 4. The molecular formula is C31H32Br2N4. The number of fused-ring (bicyclic) bond motifs is 2. The Morgan fingerprint density at radius 2 is 1.14 bits per heavy atom. The molecule has 4 nitrogen and oxygen atoms in total. The maximum Gasteiger partial charge on any atom is 0.183 e. The highest BCUT2D eigenvalue weighted by atomic mass is 79.9. The molecular weight excluding hydrogens is 588 g/mol. The van der Waals surface area contributed by atoms with Crippen molar-refractivity contribution in [3.05, 3.63) is 91.6 Å². The first kappa shape index (κ1) is 25.9. The first-order valence-electron chi connectivity index (χ1n) is 12.7. The van der Waals surface area contributed by atoms with Crippen molar-refractivity contribution in [2.75, 3.05) is 9.80 Å². The van der Waals surface area contributed by atoms with Crippen LogP contribution >= 0.6 is 31.9 Å². The number of rotatable bonds is 4. The van der Waals surface area contributed by atoms with Gasteiger partial charge in [0.1, 0.15) is 5.82 Å². The van der Waals surface area contributed by atoms with Crippen LogP contribution in [0, 0.1) is 20.8 Å². The molecule has 0 bridgehead atoms. The second-order valence-electron chi connectivity index (χ2n) is 10.6. The van der Waals surface area contributed by atoms with Crippen LogP contribution in [0.1, 0.15) is 67.3 Å². The van der Waals surface area contributed by atoms with Crippen LogP contribution in [0.3, 0.4) is 0 Å². The summed E-state index contributed by atoms with van der Waals surface area (Å²) in [7, 11) is 0. The van der Waals surface area contributed by atoms with Gasteiger partial charge in [-0.2, -0.15) is 0 Å². The van der Waals surface area contributed by atoms with E-state index in [0.717, 1.165) is 54.4 Å². The highest BCUT2D eigenvalue weighted by molar-refractivity contribution is 9.11. The van der Waals surface area contributed by atoms with Gasteiger partial charge in [-0.3, -0.25) is 9.80 Å². The molecule has 0 atom stereocenters. The van der Waals surface area contributed by atoms with Gasteiger partial charge in [-0.25, -0.2) is 9.97 Å². The van der Waals surface area contributed by atoms with Gasteiger partial charge in [-0.05, 0) is 117 Å². The van der Waals surface area contributed by atoms with E-state index in [4.69, 9.17) is 9.97 Å². The number of aryl methyl sites for hydroxylation is 3. The van der Waals surface area contributed by atoms with E-state index in [0.29, 0.717) is 11.8 Å². The Balaban J connectivity index is 1.88. The van der Waals surface area contributed by atoms with E-state index in [1.54, 1.807) is 0 Å². The fourth-order valence-electron chi connectivity index (χ4n) is 5.08. The number of nitrogens with zero attached hydrogens (tertiary/aromatic N) is 4. The minimum Gasteiger partial charge on any atom is -0.277 e. The largest absolute Gasteiger partial charge is 0.277 e. The molecule has 190 valence electrons. The lowest BCUT2D eigenvalue weighted by molar-refractivity contribution is 0.827. The third-order valence-electron chi connectivity index (χ3n) is 7.13. The zero-order chi connectivity index (χ0) is 26.8. The molecule has 0 saturated carbocycles. The molecule has 1 aliphatic rings. The van der Waals surface area contributed by atoms with Gasteiger partial charge in [-0.15, -0.1) is 0 Å². The van der Waals surface area contributed by atoms with Crippen molar-refractivity contribution >= 4 is 65.9 Å². The molecule has 6 heteroatoms. The molecule has 0 unspecified atom stereocenters. The van der Waals surface area contributed by atoms with E-state index in [-0.39, 0.29) is 0 Å². The van der Waals surface area contributed by atoms with Crippen LogP contribution in [0.2, 0.25) is 0 Å². The fourth-order valence-corrected chi connectivity index (χ4v) is 6.85. The molecule has 0 aliphatic carbocycles. The topological polar surface area (TPSA) is 32.3 Å². The van der Waals surface area contributed by atoms with Gasteiger partial charge in [0.25, 0.3) is 0 Å². The minimum atomic E-state index is 0.329. The molecule has 0 saturated heterocycles. The Morgan fingerprint density at radius 1 is 0.703 bits per heavy atom. The van der Waals surface area contributed by atoms with Crippen molar-refractivity contribution in [2.24, 2.45) is 0 Å². The van der Waals surface area contributed by atoms with Crippen LogP contribution in [-0.4, -0.2) is 9.97 Å². The third kappa shape index (κ3) is 4.28. The molecule has 37 heavy (non-hydrogen) atoms. The van der Waals surface area contributed by atoms with Gasteiger partial charge < -0.3 is 0 Å². The second kappa shape index (κ2) is 9.55. The molecule has 0 N–H and O–H groups in total. The Morgan fingerprint density at radius 3 is 1.57 bits per heavy atom. The molecule has 0 radical (unpaired) electrons. The van der Waals surface area contributed by atoms with Crippen LogP contribution in [0.4, 0.5) is 23.0 Å². The number of para-hydroxylation sites is 1. The van der Waals surface area contributed by atoms with E-state index in [1.165, 1.54) is 22.3 Å². The first-order valence-corrected chi connectivity index (χ1v) is 14.2. The molecule has 0 amide bonds. The summed E-state index contributed by atoms with van der Waals surface area (Å²) in [4.78, 5) is 14.8. The van der Waals surface area contributed by atoms with Gasteiger partial charge in [0, 0.05) is 8.95 Å². The van der Waals surface area contributed by atoms with E-state index in [2.05, 4.69) is 139 Å². The quantitative estimate of drug-likeness (QED) is 0.227. The first-order chi connectivity index (χ1) is 17.5. The summed E-state index contributed by atoms with van der Waals surface area (Å²) in [5, 5.41) is 0. The Labute approximate surface area is 236 Å². The number of aromatic nitrogens is 2. The summed E-state index contributed by atoms with van der Waals surface area (Å²) in [6.07, 6.45) is 0. The molecule has 0 fully saturated rings. The molecule has 5 rings (SSSR count). The van der Waals surface area contributed by atoms with Crippen LogP contribution < -0.4 is 9.80 Å². The molecule has 2 heterocycles. The highest BCUT2D eigenvalue weighted by Crippen LogP contribution is 2.53. The zero-order valence-corrected chi connectivity index (χ0v) is 25.6. The lowest BCUT2D eigenvalue weighted by atomic mass is 9.92. The van der Waals surface area contributed by atoms with Crippen molar-refractivity contribution in [2.45, 2.75) is 60.3 Å². The summed E-state index contributed by atoms with van der Waals surface area (Å²) in [5.41, 5.74) is 9.98. The standard InChI is InChI=1S/C31H32Br2N4/c1-16(2)22-10-9-11-23(17(3)4)28(22)36-21(8)37(29-24(32)12-18(5)13-25(29)33)31-30(36)34-26-14-19(6)20(7)15-27(26)35-31/h9-17H,8H2,1-7H3. The van der Waals surface area contributed by atoms with Gasteiger partial charge in [0.2, 0.25) is 0 Å². The summed E-state index contributed by atoms with van der Waals surface area (Å²) < 4.78 is 1.94. The number of benzene rings is 3. The van der Waals surface area contributed by atoms with Gasteiger partial charge >= 0.3 is 0 Å². The second-order valence-corrected chi connectivity index (χ2v) is 12.3. The predicted octanol–water partition coefficient (Wildman–Crippen LogP) is 10.1. The van der Waals surface area contributed by atoms with Crippen molar-refractivity contribution in [3.63, 3.8) is 0 Å². The van der Waals surface area contributed by atoms with E-state index < -0.39 is 0 Å². The minimum absolute atomic E-state index is 0.329. The molecule has 1 aliphatic heterocycles. The monoisotopic (exact) mass is 618 g/mol. The van der Waals surface area contributed by atoms with Crippen LogP contribution in [-0.2, 0) is 0 Å². The van der Waals surface area contributed by atoms with E-state index in [9.17, 15) is 0 Å². The van der Waals surface area contributed by atoms with Crippen molar-refractivity contribution in [1.82, 2.24) is 9.97 Å². The van der Waals surface area contributed by atoms with Crippen LogP contribution in [0.15, 0.2) is 63.8 Å². The lowest BCUT2D eigenvalue weighted by Crippen LogP contribution is -2.24. The molecule has 1 aromatic heterocycles. The van der Waals surface area contributed by atoms with Crippen LogP contribution in [0.5, 0.6) is 0 Å². The van der Waals surface area contributed by atoms with Crippen molar-refractivity contribution in [3.8, 4) is 0 Å². The zero-order valence-electron chi connectivity index (χ0n) is 22.4. The highest BCUT2D eigenvalue weighted by Gasteiger charge is 2.39. The van der Waals surface area contributed by atoms with Gasteiger partial charge in [0.05, 0.1) is 22.4 Å². The number of hydrogen-bond donors (Lipinski definition) is 0. The van der Waals surface area contributed by atoms with Crippen molar-refractivity contribution in [1.29, 1.82) is 0 Å². The Hall–Kier alpha value is -2.70. The molecule has 4 aromatic rings. The maximum absolute atomic E-state index is 5.25. The average Bonchev–Trinajstić information content (AvgIpc) is 3.08. The Kier molecular flexibility index (Phi) is 6.70. The van der Waals surface area contributed by atoms with E-state index >= 15 is 0 Å². The summed E-state index contributed by atoms with van der Waals surface area (Å²) in [6.45, 7) is 19.9. The molecule has 0 spiro atoms. The summed E-state index contributed by atoms with van der Waals surface area (Å²) >= 11 is 7.66. The van der Waals surface area contributed by atoms with E-state index in [1.807, 2.05) is 0 Å². The third-order valence-corrected chi connectivity index (χ3v) is 8.34. The predicted molar refractivity (Wildman–Crippen MR) is 164 cm³/mol. The smallest absolute Gasteiger partial charge is 0.183 e. The number of anilines is 4. The summed E-state index contributed by atoms with van der Waals surface area (Å²) in [6, 6.07) is 15.1. The number of halogens is 2. The SMILES string of the molecule is C=C1N(c2c(Br)cc(C)cc2Br)c2nc3cc(C)c(C)cc3nc2N1c1c(C(C)C)cccc1C(C)C. The average molecular weight is 620 g/mol. The maximum atomic E-state index is 5.25. The van der Waals surface area contributed by atoms with Crippen molar-refractivity contribution < 1.29 is 0 Å². The summed E-state index contributed by atoms with van der Waals surface area (Å²) in [5.74, 6) is 3.04. The lowest BCUT2D eigenvalue weighted by Gasteiger charge is -2.30.